The van der Waals surface area contributed by atoms with Crippen LogP contribution in [0.2, 0.25) is 0 Å². The van der Waals surface area contributed by atoms with Crippen molar-refractivity contribution in [2.75, 3.05) is 19.0 Å². The second-order valence-corrected chi connectivity index (χ2v) is 4.05. The third kappa shape index (κ3) is 3.16. The summed E-state index contributed by atoms with van der Waals surface area (Å²) in [4.78, 5) is 8.67. The summed E-state index contributed by atoms with van der Waals surface area (Å²) in [6, 6.07) is 0. The van der Waals surface area contributed by atoms with Crippen molar-refractivity contribution >= 4 is 7.37 Å². The average Bonchev–Trinajstić information content (AvgIpc) is 1.67. The van der Waals surface area contributed by atoms with Crippen LogP contribution in [-0.2, 0) is 4.57 Å². The topological polar surface area (TPSA) is 89.3 Å². The molecule has 0 aromatic rings. The van der Waals surface area contributed by atoms with E-state index in [2.05, 4.69) is 0 Å². The first-order valence-corrected chi connectivity index (χ1v) is 4.36. The average molecular weight is 138 g/mol. The van der Waals surface area contributed by atoms with Crippen molar-refractivity contribution in [3.8, 4) is 0 Å². The Hall–Kier alpha value is 0.110. The Morgan fingerprint density at radius 1 is 1.50 bits per heavy atom. The standard InChI is InChI=1S/C3H11N2O2P/c4-1-2-8(6,7)3-5/h1-5H2,(H,6,7). The lowest BCUT2D eigenvalue weighted by molar-refractivity contribution is 0.478. The Morgan fingerprint density at radius 3 is 2.12 bits per heavy atom. The van der Waals surface area contributed by atoms with E-state index in [4.69, 9.17) is 16.4 Å². The van der Waals surface area contributed by atoms with Crippen molar-refractivity contribution < 1.29 is 9.46 Å². The van der Waals surface area contributed by atoms with Crippen molar-refractivity contribution in [3.63, 3.8) is 0 Å². The minimum absolute atomic E-state index is 0.128. The zero-order valence-electron chi connectivity index (χ0n) is 4.58. The Morgan fingerprint density at radius 2 is 2.00 bits per heavy atom. The Kier molecular flexibility index (Phi) is 3.24. The lowest BCUT2D eigenvalue weighted by Crippen LogP contribution is -2.10. The van der Waals surface area contributed by atoms with E-state index in [-0.39, 0.29) is 19.0 Å². The molecule has 0 fully saturated rings. The van der Waals surface area contributed by atoms with Gasteiger partial charge >= 0.3 is 0 Å². The molecule has 8 heavy (non-hydrogen) atoms. The van der Waals surface area contributed by atoms with Gasteiger partial charge in [-0.15, -0.1) is 0 Å². The second kappa shape index (κ2) is 3.20. The molecule has 50 valence electrons. The lowest BCUT2D eigenvalue weighted by atomic mass is 10.8. The maximum atomic E-state index is 10.5. The minimum Gasteiger partial charge on any atom is -0.343 e. The van der Waals surface area contributed by atoms with Gasteiger partial charge in [0.25, 0.3) is 0 Å². The van der Waals surface area contributed by atoms with Crippen molar-refractivity contribution in [2.45, 2.75) is 0 Å². The molecular formula is C3H11N2O2P. The number of rotatable bonds is 3. The molecule has 0 radical (unpaired) electrons. The molecule has 0 bridgehead atoms. The number of nitrogens with two attached hydrogens (primary N) is 2. The fraction of sp³-hybridized carbons (Fsp3) is 1.00. The van der Waals surface area contributed by atoms with Crippen LogP contribution in [-0.4, -0.2) is 23.9 Å². The molecule has 1 unspecified atom stereocenters. The van der Waals surface area contributed by atoms with Gasteiger partial charge in [0.2, 0.25) is 7.37 Å². The summed E-state index contributed by atoms with van der Waals surface area (Å²) >= 11 is 0. The highest BCUT2D eigenvalue weighted by molar-refractivity contribution is 7.57. The van der Waals surface area contributed by atoms with E-state index < -0.39 is 7.37 Å². The fourth-order valence-electron chi connectivity index (χ4n) is 0.293. The van der Waals surface area contributed by atoms with Gasteiger partial charge in [-0.2, -0.15) is 0 Å². The molecule has 0 heterocycles. The third-order valence-electron chi connectivity index (χ3n) is 0.764. The van der Waals surface area contributed by atoms with Crippen LogP contribution in [0.1, 0.15) is 0 Å². The molecule has 0 aliphatic carbocycles. The van der Waals surface area contributed by atoms with Crippen LogP contribution >= 0.6 is 7.37 Å². The summed E-state index contributed by atoms with van der Waals surface area (Å²) in [6.07, 6.45) is -0.0340. The van der Waals surface area contributed by atoms with Crippen LogP contribution in [0.5, 0.6) is 0 Å². The van der Waals surface area contributed by atoms with Crippen molar-refractivity contribution in [1.82, 2.24) is 0 Å². The summed E-state index contributed by atoms with van der Waals surface area (Å²) in [5.74, 6) is 0. The molecule has 0 aliphatic heterocycles. The van der Waals surface area contributed by atoms with Crippen LogP contribution < -0.4 is 11.5 Å². The lowest BCUT2D eigenvalue weighted by Gasteiger charge is -2.04. The Balaban J connectivity index is 3.55. The van der Waals surface area contributed by atoms with E-state index in [1.165, 1.54) is 0 Å². The first-order chi connectivity index (χ1) is 3.62. The molecule has 0 saturated carbocycles. The van der Waals surface area contributed by atoms with Gasteiger partial charge in [0.15, 0.2) is 0 Å². The first kappa shape index (κ1) is 8.11. The van der Waals surface area contributed by atoms with Crippen LogP contribution in [0.15, 0.2) is 0 Å². The van der Waals surface area contributed by atoms with E-state index in [9.17, 15) is 4.57 Å². The van der Waals surface area contributed by atoms with Crippen molar-refractivity contribution in [2.24, 2.45) is 11.5 Å². The normalized spacial score (nSPS) is 17.9. The molecular weight excluding hydrogens is 127 g/mol. The van der Waals surface area contributed by atoms with Crippen LogP contribution in [0.4, 0.5) is 0 Å². The first-order valence-electron chi connectivity index (χ1n) is 2.33. The maximum Gasteiger partial charge on any atom is 0.215 e. The third-order valence-corrected chi connectivity index (χ3v) is 2.29. The molecule has 0 aliphatic rings. The zero-order valence-corrected chi connectivity index (χ0v) is 5.47. The van der Waals surface area contributed by atoms with E-state index in [0.29, 0.717) is 0 Å². The SMILES string of the molecule is NCCP(=O)(O)CN. The van der Waals surface area contributed by atoms with Crippen molar-refractivity contribution in [3.05, 3.63) is 0 Å². The number of hydrogen-bond donors (Lipinski definition) is 3. The highest BCUT2D eigenvalue weighted by atomic mass is 31.2. The van der Waals surface area contributed by atoms with Gasteiger partial charge in [-0.3, -0.25) is 4.57 Å². The Bertz CT molecular complexity index is 105. The molecule has 5 N–H and O–H groups in total. The van der Waals surface area contributed by atoms with Gasteiger partial charge in [-0.05, 0) is 0 Å². The largest absolute Gasteiger partial charge is 0.343 e. The predicted octanol–water partition coefficient (Wildman–Crippen LogP) is -0.868. The molecule has 0 rings (SSSR count). The van der Waals surface area contributed by atoms with Gasteiger partial charge in [0.05, 0.1) is 6.29 Å². The fourth-order valence-corrected chi connectivity index (χ4v) is 0.879. The summed E-state index contributed by atoms with van der Waals surface area (Å²) in [7, 11) is -3.02. The molecule has 0 saturated heterocycles. The van der Waals surface area contributed by atoms with Gasteiger partial charge in [-0.25, -0.2) is 0 Å². The van der Waals surface area contributed by atoms with Gasteiger partial charge < -0.3 is 16.4 Å². The maximum absolute atomic E-state index is 10.5. The molecule has 1 atom stereocenters. The molecule has 0 aromatic carbocycles. The highest BCUT2D eigenvalue weighted by Gasteiger charge is 2.12. The minimum atomic E-state index is -3.02. The molecule has 0 aromatic heterocycles. The molecule has 0 spiro atoms. The van der Waals surface area contributed by atoms with Gasteiger partial charge in [-0.1, -0.05) is 0 Å². The van der Waals surface area contributed by atoms with Crippen molar-refractivity contribution in [1.29, 1.82) is 0 Å². The Labute approximate surface area is 48.3 Å². The molecule has 0 amide bonds. The highest BCUT2D eigenvalue weighted by Crippen LogP contribution is 2.36. The number of hydrogen-bond acceptors (Lipinski definition) is 3. The van der Waals surface area contributed by atoms with Crippen LogP contribution in [0.3, 0.4) is 0 Å². The van der Waals surface area contributed by atoms with E-state index in [0.717, 1.165) is 0 Å². The van der Waals surface area contributed by atoms with E-state index in [1.54, 1.807) is 0 Å². The monoisotopic (exact) mass is 138 g/mol. The molecule has 5 heteroatoms. The van der Waals surface area contributed by atoms with Gasteiger partial charge in [0.1, 0.15) is 0 Å². The van der Waals surface area contributed by atoms with E-state index >= 15 is 0 Å². The summed E-state index contributed by atoms with van der Waals surface area (Å²) in [5, 5.41) is 0. The van der Waals surface area contributed by atoms with Crippen LogP contribution in [0.25, 0.3) is 0 Å². The predicted molar refractivity (Wildman–Crippen MR) is 32.8 cm³/mol. The summed E-state index contributed by atoms with van der Waals surface area (Å²) in [5.41, 5.74) is 9.93. The van der Waals surface area contributed by atoms with Gasteiger partial charge in [0, 0.05) is 12.7 Å². The smallest absolute Gasteiger partial charge is 0.215 e. The zero-order chi connectivity index (χ0) is 6.62. The quantitative estimate of drug-likeness (QED) is 0.442. The second-order valence-electron chi connectivity index (χ2n) is 1.54. The molecule has 4 nitrogen and oxygen atoms in total. The summed E-state index contributed by atoms with van der Waals surface area (Å²) < 4.78 is 10.5. The van der Waals surface area contributed by atoms with E-state index in [1.807, 2.05) is 0 Å². The van der Waals surface area contributed by atoms with Crippen LogP contribution in [0, 0.1) is 0 Å². The summed E-state index contributed by atoms with van der Waals surface area (Å²) in [6.45, 7) is 0.227.